The highest BCUT2D eigenvalue weighted by Gasteiger charge is 2.28. The summed E-state index contributed by atoms with van der Waals surface area (Å²) in [6, 6.07) is 8.33. The summed E-state index contributed by atoms with van der Waals surface area (Å²) in [4.78, 5) is 9.44. The Morgan fingerprint density at radius 3 is 2.70 bits per heavy atom. The molecule has 2 saturated heterocycles. The third kappa shape index (κ3) is 5.08. The van der Waals surface area contributed by atoms with Gasteiger partial charge in [-0.2, -0.15) is 0 Å². The van der Waals surface area contributed by atoms with E-state index in [9.17, 15) is 0 Å². The standard InChI is InChI=1S/C22H36N4O/c1-17(2)13-18-9-12-26(15-18)22(23-3)24-14-19-10-11-25(16-19)20-7-5-6-8-21(20)27-4/h5-8,17-19H,9-16H2,1-4H3,(H,23,24). The predicted molar refractivity (Wildman–Crippen MR) is 114 cm³/mol. The second kappa shape index (κ2) is 9.34. The van der Waals surface area contributed by atoms with Crippen LogP contribution in [0.5, 0.6) is 5.75 Å². The summed E-state index contributed by atoms with van der Waals surface area (Å²) in [7, 11) is 3.66. The van der Waals surface area contributed by atoms with Crippen molar-refractivity contribution in [2.24, 2.45) is 22.7 Å². The maximum absolute atomic E-state index is 5.53. The lowest BCUT2D eigenvalue weighted by Gasteiger charge is -2.24. The first kappa shape index (κ1) is 19.8. The second-order valence-electron chi connectivity index (χ2n) is 8.43. The lowest BCUT2D eigenvalue weighted by Crippen LogP contribution is -2.42. The first-order valence-corrected chi connectivity index (χ1v) is 10.4. The third-order valence-corrected chi connectivity index (χ3v) is 5.86. The van der Waals surface area contributed by atoms with Gasteiger partial charge in [0.1, 0.15) is 5.75 Å². The van der Waals surface area contributed by atoms with Gasteiger partial charge in [0.25, 0.3) is 0 Å². The molecule has 2 aliphatic heterocycles. The summed E-state index contributed by atoms with van der Waals surface area (Å²) in [5, 5.41) is 3.65. The molecule has 1 aromatic carbocycles. The van der Waals surface area contributed by atoms with Crippen LogP contribution in [0.2, 0.25) is 0 Å². The van der Waals surface area contributed by atoms with Crippen LogP contribution in [0, 0.1) is 17.8 Å². The Morgan fingerprint density at radius 2 is 1.96 bits per heavy atom. The smallest absolute Gasteiger partial charge is 0.193 e. The number of aliphatic imine (C=N–C) groups is 1. The quantitative estimate of drug-likeness (QED) is 0.613. The van der Waals surface area contributed by atoms with Gasteiger partial charge in [-0.15, -0.1) is 0 Å². The van der Waals surface area contributed by atoms with Gasteiger partial charge in [0.05, 0.1) is 12.8 Å². The van der Waals surface area contributed by atoms with Crippen molar-refractivity contribution in [3.8, 4) is 5.75 Å². The number of anilines is 1. The lowest BCUT2D eigenvalue weighted by molar-refractivity contribution is 0.401. The number of guanidine groups is 1. The van der Waals surface area contributed by atoms with Gasteiger partial charge in [-0.1, -0.05) is 26.0 Å². The van der Waals surface area contributed by atoms with Gasteiger partial charge < -0.3 is 19.9 Å². The number of hydrogen-bond acceptors (Lipinski definition) is 3. The predicted octanol–water partition coefficient (Wildman–Crippen LogP) is 3.46. The Labute approximate surface area is 164 Å². The zero-order valence-electron chi connectivity index (χ0n) is 17.4. The highest BCUT2D eigenvalue weighted by Crippen LogP contribution is 2.31. The van der Waals surface area contributed by atoms with Crippen molar-refractivity contribution in [1.82, 2.24) is 10.2 Å². The van der Waals surface area contributed by atoms with Crippen molar-refractivity contribution in [2.75, 3.05) is 51.8 Å². The van der Waals surface area contributed by atoms with Crippen molar-refractivity contribution < 1.29 is 4.74 Å². The Hall–Kier alpha value is -1.91. The largest absolute Gasteiger partial charge is 0.495 e. The zero-order chi connectivity index (χ0) is 19.2. The van der Waals surface area contributed by atoms with Gasteiger partial charge in [-0.3, -0.25) is 4.99 Å². The van der Waals surface area contributed by atoms with E-state index in [0.29, 0.717) is 5.92 Å². The minimum absolute atomic E-state index is 0.640. The monoisotopic (exact) mass is 372 g/mol. The third-order valence-electron chi connectivity index (χ3n) is 5.86. The van der Waals surface area contributed by atoms with Crippen LogP contribution < -0.4 is 15.0 Å². The van der Waals surface area contributed by atoms with Crippen molar-refractivity contribution in [3.05, 3.63) is 24.3 Å². The molecule has 2 atom stereocenters. The van der Waals surface area contributed by atoms with Crippen molar-refractivity contribution in [3.63, 3.8) is 0 Å². The van der Waals surface area contributed by atoms with Crippen LogP contribution in [0.4, 0.5) is 5.69 Å². The fraction of sp³-hybridized carbons (Fsp3) is 0.682. The molecule has 0 bridgehead atoms. The van der Waals surface area contributed by atoms with E-state index >= 15 is 0 Å². The van der Waals surface area contributed by atoms with Crippen LogP contribution >= 0.6 is 0 Å². The van der Waals surface area contributed by atoms with Crippen LogP contribution in [0.3, 0.4) is 0 Å². The number of benzene rings is 1. The molecule has 0 radical (unpaired) electrons. The number of rotatable bonds is 6. The van der Waals surface area contributed by atoms with E-state index in [4.69, 9.17) is 4.74 Å². The fourth-order valence-corrected chi connectivity index (χ4v) is 4.56. The number of ether oxygens (including phenoxy) is 1. The summed E-state index contributed by atoms with van der Waals surface area (Å²) < 4.78 is 5.53. The van der Waals surface area contributed by atoms with Gasteiger partial charge in [-0.25, -0.2) is 0 Å². The van der Waals surface area contributed by atoms with E-state index in [0.717, 1.165) is 56.3 Å². The Balaban J connectivity index is 1.49. The lowest BCUT2D eigenvalue weighted by atomic mass is 9.97. The normalized spacial score (nSPS) is 23.4. The Bertz CT molecular complexity index is 630. The van der Waals surface area contributed by atoms with Crippen molar-refractivity contribution >= 4 is 11.6 Å². The van der Waals surface area contributed by atoms with Crippen molar-refractivity contribution in [1.29, 1.82) is 0 Å². The molecular formula is C22H36N4O. The molecule has 0 amide bonds. The summed E-state index contributed by atoms with van der Waals surface area (Å²) >= 11 is 0. The highest BCUT2D eigenvalue weighted by atomic mass is 16.5. The molecule has 2 heterocycles. The van der Waals surface area contributed by atoms with E-state index < -0.39 is 0 Å². The van der Waals surface area contributed by atoms with Crippen LogP contribution in [0.15, 0.2) is 29.3 Å². The Kier molecular flexibility index (Phi) is 6.86. The molecule has 0 saturated carbocycles. The minimum atomic E-state index is 0.640. The van der Waals surface area contributed by atoms with Crippen LogP contribution in [0.1, 0.15) is 33.1 Å². The van der Waals surface area contributed by atoms with E-state index in [-0.39, 0.29) is 0 Å². The van der Waals surface area contributed by atoms with E-state index in [1.165, 1.54) is 24.9 Å². The van der Waals surface area contributed by atoms with Crippen LogP contribution in [-0.2, 0) is 0 Å². The fourth-order valence-electron chi connectivity index (χ4n) is 4.56. The molecule has 0 aromatic heterocycles. The summed E-state index contributed by atoms with van der Waals surface area (Å²) in [5.74, 6) is 4.29. The molecule has 5 heteroatoms. The topological polar surface area (TPSA) is 40.1 Å². The van der Waals surface area contributed by atoms with Crippen LogP contribution in [0.25, 0.3) is 0 Å². The molecule has 2 aliphatic rings. The molecular weight excluding hydrogens is 336 g/mol. The number of nitrogens with zero attached hydrogens (tertiary/aromatic N) is 3. The van der Waals surface area contributed by atoms with Gasteiger partial charge >= 0.3 is 0 Å². The van der Waals surface area contributed by atoms with Crippen molar-refractivity contribution in [2.45, 2.75) is 33.1 Å². The number of methoxy groups -OCH3 is 1. The van der Waals surface area contributed by atoms with Crippen LogP contribution in [-0.4, -0.2) is 57.7 Å². The van der Waals surface area contributed by atoms with Gasteiger partial charge in [0.15, 0.2) is 5.96 Å². The SMILES string of the molecule is CN=C(NCC1CCN(c2ccccc2OC)C1)N1CCC(CC(C)C)C1. The van der Waals surface area contributed by atoms with E-state index in [1.807, 2.05) is 19.2 Å². The molecule has 3 rings (SSSR count). The molecule has 1 aromatic rings. The average molecular weight is 373 g/mol. The van der Waals surface area contributed by atoms with E-state index in [1.54, 1.807) is 7.11 Å². The maximum atomic E-state index is 5.53. The van der Waals surface area contributed by atoms with Gasteiger partial charge in [0, 0.05) is 39.8 Å². The molecule has 2 unspecified atom stereocenters. The second-order valence-corrected chi connectivity index (χ2v) is 8.43. The van der Waals surface area contributed by atoms with Gasteiger partial charge in [-0.05, 0) is 49.1 Å². The maximum Gasteiger partial charge on any atom is 0.193 e. The number of likely N-dealkylation sites (tertiary alicyclic amines) is 1. The number of nitrogens with one attached hydrogen (secondary N) is 1. The molecule has 2 fully saturated rings. The summed E-state index contributed by atoms with van der Waals surface area (Å²) in [6.45, 7) is 10.1. The minimum Gasteiger partial charge on any atom is -0.495 e. The molecule has 1 N–H and O–H groups in total. The molecule has 0 aliphatic carbocycles. The Morgan fingerprint density at radius 1 is 1.19 bits per heavy atom. The zero-order valence-corrected chi connectivity index (χ0v) is 17.4. The molecule has 27 heavy (non-hydrogen) atoms. The first-order chi connectivity index (χ1) is 13.1. The summed E-state index contributed by atoms with van der Waals surface area (Å²) in [5.41, 5.74) is 1.21. The molecule has 5 nitrogen and oxygen atoms in total. The highest BCUT2D eigenvalue weighted by molar-refractivity contribution is 5.80. The molecule has 150 valence electrons. The number of para-hydroxylation sites is 2. The van der Waals surface area contributed by atoms with Gasteiger partial charge in [0.2, 0.25) is 0 Å². The average Bonchev–Trinajstić information content (AvgIpc) is 3.32. The number of hydrogen-bond donors (Lipinski definition) is 1. The van der Waals surface area contributed by atoms with E-state index in [2.05, 4.69) is 46.1 Å². The summed E-state index contributed by atoms with van der Waals surface area (Å²) in [6.07, 6.45) is 3.83. The first-order valence-electron chi connectivity index (χ1n) is 10.4. The molecule has 0 spiro atoms.